The topological polar surface area (TPSA) is 77.7 Å². The first-order valence-corrected chi connectivity index (χ1v) is 7.51. The van der Waals surface area contributed by atoms with Crippen LogP contribution in [0.4, 0.5) is 0 Å². The summed E-state index contributed by atoms with van der Waals surface area (Å²) in [4.78, 5) is 0. The van der Waals surface area contributed by atoms with Crippen molar-refractivity contribution in [1.82, 2.24) is 20.2 Å². The number of sulfone groups is 1. The van der Waals surface area contributed by atoms with E-state index in [0.717, 1.165) is 5.56 Å². The quantitative estimate of drug-likeness (QED) is 0.798. The Morgan fingerprint density at radius 3 is 2.67 bits per heavy atom. The Bertz CT molecular complexity index is 651. The van der Waals surface area contributed by atoms with E-state index in [1.165, 1.54) is 0 Å². The summed E-state index contributed by atoms with van der Waals surface area (Å²) in [6, 6.07) is 9.38. The van der Waals surface area contributed by atoms with Crippen LogP contribution >= 0.6 is 0 Å². The molecule has 0 aliphatic carbocycles. The maximum absolute atomic E-state index is 11.5. The maximum atomic E-state index is 11.5. The van der Waals surface area contributed by atoms with Crippen molar-refractivity contribution in [2.75, 3.05) is 11.5 Å². The van der Waals surface area contributed by atoms with Gasteiger partial charge < -0.3 is 0 Å². The second-order valence-electron chi connectivity index (χ2n) is 4.37. The molecule has 1 saturated heterocycles. The van der Waals surface area contributed by atoms with Crippen molar-refractivity contribution in [1.29, 1.82) is 0 Å². The Hall–Kier alpha value is -1.76. The van der Waals surface area contributed by atoms with Gasteiger partial charge in [0.1, 0.15) is 0 Å². The number of hydrogen-bond donors (Lipinski definition) is 0. The lowest BCUT2D eigenvalue weighted by molar-refractivity contribution is 0.489. The summed E-state index contributed by atoms with van der Waals surface area (Å²) < 4.78 is 24.6. The van der Waals surface area contributed by atoms with E-state index in [1.54, 1.807) is 4.68 Å². The predicted molar refractivity (Wildman–Crippen MR) is 65.6 cm³/mol. The van der Waals surface area contributed by atoms with E-state index < -0.39 is 9.84 Å². The Kier molecular flexibility index (Phi) is 2.62. The molecule has 1 aliphatic heterocycles. The fourth-order valence-electron chi connectivity index (χ4n) is 2.19. The van der Waals surface area contributed by atoms with Gasteiger partial charge in [-0.25, -0.2) is 13.1 Å². The van der Waals surface area contributed by atoms with Gasteiger partial charge in [-0.05, 0) is 16.8 Å². The zero-order chi connectivity index (χ0) is 12.6. The number of tetrazole rings is 1. The Morgan fingerprint density at radius 2 is 2.00 bits per heavy atom. The van der Waals surface area contributed by atoms with Crippen molar-refractivity contribution in [3.05, 3.63) is 30.3 Å². The van der Waals surface area contributed by atoms with Gasteiger partial charge in [0, 0.05) is 5.56 Å². The molecular formula is C11H12N4O2S. The zero-order valence-corrected chi connectivity index (χ0v) is 10.4. The average Bonchev–Trinajstić information content (AvgIpc) is 2.96. The molecule has 0 amide bonds. The van der Waals surface area contributed by atoms with Crippen LogP contribution in [0.15, 0.2) is 30.3 Å². The summed E-state index contributed by atoms with van der Waals surface area (Å²) in [5.41, 5.74) is 0.895. The summed E-state index contributed by atoms with van der Waals surface area (Å²) in [6.45, 7) is 0. The highest BCUT2D eigenvalue weighted by molar-refractivity contribution is 7.91. The SMILES string of the molecule is O=S1(=O)CC[C@@H](n2nnnc2-c2ccccc2)C1. The van der Waals surface area contributed by atoms with Crippen molar-refractivity contribution >= 4 is 9.84 Å². The van der Waals surface area contributed by atoms with Gasteiger partial charge in [0.25, 0.3) is 0 Å². The van der Waals surface area contributed by atoms with Crippen LogP contribution in [0.3, 0.4) is 0 Å². The normalized spacial score (nSPS) is 22.1. The molecule has 0 bridgehead atoms. The Morgan fingerprint density at radius 1 is 1.22 bits per heavy atom. The van der Waals surface area contributed by atoms with E-state index >= 15 is 0 Å². The third-order valence-corrected chi connectivity index (χ3v) is 4.83. The maximum Gasteiger partial charge on any atom is 0.182 e. The van der Waals surface area contributed by atoms with E-state index in [1.807, 2.05) is 30.3 Å². The third kappa shape index (κ3) is 2.01. The summed E-state index contributed by atoms with van der Waals surface area (Å²) in [7, 11) is -2.94. The Balaban J connectivity index is 1.98. The minimum atomic E-state index is -2.94. The fraction of sp³-hybridized carbons (Fsp3) is 0.364. The molecule has 3 rings (SSSR count). The van der Waals surface area contributed by atoms with Crippen molar-refractivity contribution < 1.29 is 8.42 Å². The second kappa shape index (κ2) is 4.16. The summed E-state index contributed by atoms with van der Waals surface area (Å²) in [6.07, 6.45) is 0.577. The van der Waals surface area contributed by atoms with Crippen LogP contribution in [0.5, 0.6) is 0 Å². The highest BCUT2D eigenvalue weighted by Crippen LogP contribution is 2.26. The van der Waals surface area contributed by atoms with Crippen LogP contribution in [-0.2, 0) is 9.84 Å². The molecular weight excluding hydrogens is 252 g/mol. The van der Waals surface area contributed by atoms with Gasteiger partial charge in [0.15, 0.2) is 15.7 Å². The van der Waals surface area contributed by atoms with Gasteiger partial charge in [0.05, 0.1) is 17.5 Å². The minimum absolute atomic E-state index is 0.123. The van der Waals surface area contributed by atoms with Crippen LogP contribution in [0, 0.1) is 0 Å². The highest BCUT2D eigenvalue weighted by Gasteiger charge is 2.31. The lowest BCUT2D eigenvalue weighted by Crippen LogP contribution is -2.13. The lowest BCUT2D eigenvalue weighted by atomic mass is 10.2. The third-order valence-electron chi connectivity index (χ3n) is 3.08. The number of hydrogen-bond acceptors (Lipinski definition) is 5. The molecule has 1 atom stereocenters. The number of rotatable bonds is 2. The number of benzene rings is 1. The predicted octanol–water partition coefficient (Wildman–Crippen LogP) is 0.700. The van der Waals surface area contributed by atoms with Crippen LogP contribution in [-0.4, -0.2) is 40.1 Å². The largest absolute Gasteiger partial charge is 0.229 e. The summed E-state index contributed by atoms with van der Waals surface area (Å²) >= 11 is 0. The molecule has 0 spiro atoms. The number of aromatic nitrogens is 4. The number of nitrogens with zero attached hydrogens (tertiary/aromatic N) is 4. The molecule has 94 valence electrons. The molecule has 6 nitrogen and oxygen atoms in total. The highest BCUT2D eigenvalue weighted by atomic mass is 32.2. The molecule has 1 aromatic carbocycles. The van der Waals surface area contributed by atoms with Gasteiger partial charge in [-0.1, -0.05) is 30.3 Å². The van der Waals surface area contributed by atoms with Gasteiger partial charge in [-0.15, -0.1) is 5.10 Å². The standard InChI is InChI=1S/C11H12N4O2S/c16-18(17)7-6-10(8-18)15-11(12-13-14-15)9-4-2-1-3-5-9/h1-5,10H,6-8H2/t10-/m1/s1. The minimum Gasteiger partial charge on any atom is -0.229 e. The van der Waals surface area contributed by atoms with E-state index in [2.05, 4.69) is 15.5 Å². The van der Waals surface area contributed by atoms with E-state index in [4.69, 9.17) is 0 Å². The van der Waals surface area contributed by atoms with Gasteiger partial charge >= 0.3 is 0 Å². The molecule has 7 heteroatoms. The molecule has 0 N–H and O–H groups in total. The van der Waals surface area contributed by atoms with E-state index in [-0.39, 0.29) is 17.5 Å². The van der Waals surface area contributed by atoms with Crippen LogP contribution < -0.4 is 0 Å². The first kappa shape index (κ1) is 11.3. The van der Waals surface area contributed by atoms with Crippen molar-refractivity contribution in [3.63, 3.8) is 0 Å². The van der Waals surface area contributed by atoms with Gasteiger partial charge in [-0.3, -0.25) is 0 Å². The summed E-state index contributed by atoms with van der Waals surface area (Å²) in [5, 5.41) is 11.6. The monoisotopic (exact) mass is 264 g/mol. The van der Waals surface area contributed by atoms with E-state index in [9.17, 15) is 8.42 Å². The molecule has 2 heterocycles. The first-order chi connectivity index (χ1) is 8.66. The van der Waals surface area contributed by atoms with Crippen LogP contribution in [0.1, 0.15) is 12.5 Å². The molecule has 1 fully saturated rings. The zero-order valence-electron chi connectivity index (χ0n) is 9.60. The second-order valence-corrected chi connectivity index (χ2v) is 6.60. The van der Waals surface area contributed by atoms with Crippen molar-refractivity contribution in [2.45, 2.75) is 12.5 Å². The first-order valence-electron chi connectivity index (χ1n) is 5.69. The molecule has 0 unspecified atom stereocenters. The molecule has 0 saturated carbocycles. The van der Waals surface area contributed by atoms with Gasteiger partial charge in [-0.2, -0.15) is 0 Å². The Labute approximate surface area is 105 Å². The molecule has 0 radical (unpaired) electrons. The fourth-order valence-corrected chi connectivity index (χ4v) is 3.88. The molecule has 1 aliphatic rings. The van der Waals surface area contributed by atoms with Crippen molar-refractivity contribution in [2.24, 2.45) is 0 Å². The molecule has 1 aromatic heterocycles. The molecule has 18 heavy (non-hydrogen) atoms. The van der Waals surface area contributed by atoms with Crippen molar-refractivity contribution in [3.8, 4) is 11.4 Å². The van der Waals surface area contributed by atoms with Crippen LogP contribution in [0.2, 0.25) is 0 Å². The average molecular weight is 264 g/mol. The smallest absolute Gasteiger partial charge is 0.182 e. The molecule has 2 aromatic rings. The van der Waals surface area contributed by atoms with Gasteiger partial charge in [0.2, 0.25) is 0 Å². The van der Waals surface area contributed by atoms with Crippen LogP contribution in [0.25, 0.3) is 11.4 Å². The lowest BCUT2D eigenvalue weighted by Gasteiger charge is -2.09. The summed E-state index contributed by atoms with van der Waals surface area (Å²) in [5.74, 6) is 0.960. The van der Waals surface area contributed by atoms with E-state index in [0.29, 0.717) is 12.2 Å².